The molecular weight excluding hydrogens is 482 g/mol. The number of nitrogens with zero attached hydrogens (tertiary/aromatic N) is 1. The molecule has 1 aliphatic rings. The van der Waals surface area contributed by atoms with E-state index in [-0.39, 0.29) is 22.9 Å². The minimum Gasteiger partial charge on any atom is -0.486 e. The van der Waals surface area contributed by atoms with Gasteiger partial charge in [0.1, 0.15) is 23.1 Å². The summed E-state index contributed by atoms with van der Waals surface area (Å²) >= 11 is 1.40. The molecule has 0 spiro atoms. The molecule has 0 bridgehead atoms. The number of carbonyl (C=O) groups is 1. The summed E-state index contributed by atoms with van der Waals surface area (Å²) in [4.78, 5) is 17.4. The van der Waals surface area contributed by atoms with E-state index < -0.39 is 10.0 Å². The van der Waals surface area contributed by atoms with Crippen LogP contribution in [0.2, 0.25) is 0 Å². The topological polar surface area (TPSA) is 97.4 Å². The van der Waals surface area contributed by atoms with Gasteiger partial charge in [-0.15, -0.1) is 11.3 Å². The lowest BCUT2D eigenvalue weighted by molar-refractivity contribution is 0.0920. The second-order valence-electron chi connectivity index (χ2n) is 9.19. The first-order chi connectivity index (χ1) is 16.7. The molecule has 3 aromatic rings. The number of carbonyl (C=O) groups excluding carboxylic acids is 1. The third-order valence-electron chi connectivity index (χ3n) is 6.06. The Kier molecular flexibility index (Phi) is 7.88. The van der Waals surface area contributed by atoms with Crippen LogP contribution < -0.4 is 14.8 Å². The van der Waals surface area contributed by atoms with E-state index in [0.717, 1.165) is 27.4 Å². The number of benzene rings is 2. The van der Waals surface area contributed by atoms with Gasteiger partial charge in [0.15, 0.2) is 0 Å². The van der Waals surface area contributed by atoms with E-state index in [0.29, 0.717) is 38.0 Å². The molecule has 1 aliphatic carbocycles. The van der Waals surface area contributed by atoms with Crippen molar-refractivity contribution in [2.45, 2.75) is 70.0 Å². The minimum atomic E-state index is -3.55. The van der Waals surface area contributed by atoms with Crippen LogP contribution in [-0.4, -0.2) is 31.4 Å². The fourth-order valence-electron chi connectivity index (χ4n) is 4.26. The average molecular weight is 514 g/mol. The van der Waals surface area contributed by atoms with E-state index in [1.807, 2.05) is 32.9 Å². The Hall–Kier alpha value is -2.75. The molecule has 7 nitrogen and oxygen atoms in total. The number of hydrogen-bond acceptors (Lipinski definition) is 6. The van der Waals surface area contributed by atoms with Gasteiger partial charge < -0.3 is 10.1 Å². The van der Waals surface area contributed by atoms with Crippen molar-refractivity contribution in [3.8, 4) is 5.75 Å². The Balaban J connectivity index is 1.24. The van der Waals surface area contributed by atoms with Crippen LogP contribution >= 0.6 is 11.3 Å². The van der Waals surface area contributed by atoms with Crippen molar-refractivity contribution < 1.29 is 17.9 Å². The minimum absolute atomic E-state index is 0.000650. The molecule has 2 N–H and O–H groups in total. The molecule has 2 aromatic carbocycles. The largest absolute Gasteiger partial charge is 0.486 e. The van der Waals surface area contributed by atoms with Crippen molar-refractivity contribution in [3.05, 3.63) is 75.2 Å². The molecular formula is C26H31N3O4S2. The summed E-state index contributed by atoms with van der Waals surface area (Å²) in [7, 11) is -3.55. The Bertz CT molecular complexity index is 1260. The number of nitrogens with one attached hydrogen (secondary N) is 2. The summed E-state index contributed by atoms with van der Waals surface area (Å²) in [5.74, 6) is 0.584. The number of aromatic nitrogens is 1. The Morgan fingerprint density at radius 2 is 1.60 bits per heavy atom. The SMILES string of the molecule is Cc1ccc(S(=O)(=O)NC2CCC(NC(=O)c3csc(COc4cc(C)cc(C)c4)n3)CC2)cc1. The van der Waals surface area contributed by atoms with E-state index in [1.54, 1.807) is 29.6 Å². The quantitative estimate of drug-likeness (QED) is 0.456. The first-order valence-electron chi connectivity index (χ1n) is 11.7. The standard InChI is InChI=1S/C26H31N3O4S2/c1-17-4-10-23(11-5-17)35(31,32)29-21-8-6-20(7-9-21)27-26(30)24-16-34-25(28-24)15-33-22-13-18(2)12-19(3)14-22/h4-5,10-14,16,20-21,29H,6-9,15H2,1-3H3,(H,27,30). The maximum atomic E-state index is 12.7. The molecule has 0 radical (unpaired) electrons. The van der Waals surface area contributed by atoms with Crippen LogP contribution in [0.25, 0.3) is 0 Å². The van der Waals surface area contributed by atoms with Crippen LogP contribution in [0.15, 0.2) is 52.7 Å². The molecule has 1 saturated carbocycles. The molecule has 4 rings (SSSR count). The zero-order valence-electron chi connectivity index (χ0n) is 20.2. The summed E-state index contributed by atoms with van der Waals surface area (Å²) in [6, 6.07) is 12.7. The van der Waals surface area contributed by atoms with Crippen molar-refractivity contribution in [2.24, 2.45) is 0 Å². The van der Waals surface area contributed by atoms with Crippen LogP contribution in [0.5, 0.6) is 5.75 Å². The Morgan fingerprint density at radius 3 is 2.26 bits per heavy atom. The average Bonchev–Trinajstić information content (AvgIpc) is 3.28. The number of amides is 1. The summed E-state index contributed by atoms with van der Waals surface area (Å²) in [5.41, 5.74) is 3.67. The number of hydrogen-bond donors (Lipinski definition) is 2. The van der Waals surface area contributed by atoms with Gasteiger partial charge in [-0.1, -0.05) is 23.8 Å². The normalized spacial score (nSPS) is 18.3. The third-order valence-corrected chi connectivity index (χ3v) is 8.42. The fraction of sp³-hybridized carbons (Fsp3) is 0.385. The highest BCUT2D eigenvalue weighted by Gasteiger charge is 2.27. The predicted octanol–water partition coefficient (Wildman–Crippen LogP) is 4.67. The van der Waals surface area contributed by atoms with Gasteiger partial charge in [-0.3, -0.25) is 4.79 Å². The smallest absolute Gasteiger partial charge is 0.270 e. The lowest BCUT2D eigenvalue weighted by atomic mass is 9.92. The van der Waals surface area contributed by atoms with Crippen molar-refractivity contribution in [1.82, 2.24) is 15.0 Å². The van der Waals surface area contributed by atoms with E-state index in [1.165, 1.54) is 11.3 Å². The fourth-order valence-corrected chi connectivity index (χ4v) is 6.25. The molecule has 35 heavy (non-hydrogen) atoms. The molecule has 0 aliphatic heterocycles. The van der Waals surface area contributed by atoms with E-state index in [2.05, 4.69) is 21.1 Å². The van der Waals surface area contributed by atoms with Crippen LogP contribution in [0, 0.1) is 20.8 Å². The maximum Gasteiger partial charge on any atom is 0.270 e. The molecule has 9 heteroatoms. The monoisotopic (exact) mass is 513 g/mol. The molecule has 0 saturated heterocycles. The van der Waals surface area contributed by atoms with Gasteiger partial charge in [0.25, 0.3) is 5.91 Å². The maximum absolute atomic E-state index is 12.7. The molecule has 1 heterocycles. The van der Waals surface area contributed by atoms with Crippen molar-refractivity contribution in [1.29, 1.82) is 0 Å². The Morgan fingerprint density at radius 1 is 0.971 bits per heavy atom. The van der Waals surface area contributed by atoms with Crippen molar-refractivity contribution in [3.63, 3.8) is 0 Å². The summed E-state index contributed by atoms with van der Waals surface area (Å²) in [6.07, 6.45) is 2.75. The molecule has 0 atom stereocenters. The Labute approximate surface area is 211 Å². The second kappa shape index (κ2) is 10.9. The van der Waals surface area contributed by atoms with Crippen LogP contribution in [0.3, 0.4) is 0 Å². The highest BCUT2D eigenvalue weighted by atomic mass is 32.2. The molecule has 1 aromatic heterocycles. The number of ether oxygens (including phenoxy) is 1. The number of thiazole rings is 1. The van der Waals surface area contributed by atoms with Gasteiger partial charge in [0, 0.05) is 17.5 Å². The highest BCUT2D eigenvalue weighted by Crippen LogP contribution is 2.22. The second-order valence-corrected chi connectivity index (χ2v) is 11.9. The van der Waals surface area contributed by atoms with Gasteiger partial charge in [-0.2, -0.15) is 0 Å². The lowest BCUT2D eigenvalue weighted by Gasteiger charge is -2.29. The predicted molar refractivity (Wildman–Crippen MR) is 137 cm³/mol. The van der Waals surface area contributed by atoms with E-state index in [9.17, 15) is 13.2 Å². The molecule has 1 amide bonds. The van der Waals surface area contributed by atoms with E-state index in [4.69, 9.17) is 4.74 Å². The van der Waals surface area contributed by atoms with Crippen molar-refractivity contribution in [2.75, 3.05) is 0 Å². The number of rotatable bonds is 8. The van der Waals surface area contributed by atoms with Gasteiger partial charge in [-0.25, -0.2) is 18.1 Å². The molecule has 1 fully saturated rings. The first kappa shape index (κ1) is 25.3. The van der Waals surface area contributed by atoms with Crippen LogP contribution in [0.1, 0.15) is 57.9 Å². The summed E-state index contributed by atoms with van der Waals surface area (Å²) < 4.78 is 33.9. The zero-order valence-corrected chi connectivity index (χ0v) is 21.8. The molecule has 0 unspecified atom stereocenters. The zero-order chi connectivity index (χ0) is 25.0. The number of aryl methyl sites for hydroxylation is 3. The lowest BCUT2D eigenvalue weighted by Crippen LogP contribution is -2.43. The molecule has 186 valence electrons. The highest BCUT2D eigenvalue weighted by molar-refractivity contribution is 7.89. The first-order valence-corrected chi connectivity index (χ1v) is 14.1. The van der Waals surface area contributed by atoms with Crippen LogP contribution in [-0.2, 0) is 16.6 Å². The van der Waals surface area contributed by atoms with Gasteiger partial charge >= 0.3 is 0 Å². The van der Waals surface area contributed by atoms with Crippen molar-refractivity contribution >= 4 is 27.3 Å². The third kappa shape index (κ3) is 6.90. The summed E-state index contributed by atoms with van der Waals surface area (Å²) in [5, 5.41) is 5.53. The summed E-state index contributed by atoms with van der Waals surface area (Å²) in [6.45, 7) is 6.29. The van der Waals surface area contributed by atoms with Gasteiger partial charge in [0.05, 0.1) is 4.90 Å². The van der Waals surface area contributed by atoms with Gasteiger partial charge in [0.2, 0.25) is 10.0 Å². The van der Waals surface area contributed by atoms with Gasteiger partial charge in [-0.05, 0) is 81.8 Å². The van der Waals surface area contributed by atoms with Crippen LogP contribution in [0.4, 0.5) is 0 Å². The number of sulfonamides is 1. The van der Waals surface area contributed by atoms with E-state index >= 15 is 0 Å².